The maximum Gasteiger partial charge on any atom is 0.0685 e. The minimum absolute atomic E-state index is 0.409. The molecular formula is C8H14O. The Morgan fingerprint density at radius 3 is 2.56 bits per heavy atom. The van der Waals surface area contributed by atoms with Crippen molar-refractivity contribution >= 4 is 0 Å². The van der Waals surface area contributed by atoms with Crippen molar-refractivity contribution < 1.29 is 4.74 Å². The van der Waals surface area contributed by atoms with Crippen molar-refractivity contribution in [1.29, 1.82) is 0 Å². The second kappa shape index (κ2) is 1.72. The molecule has 52 valence electrons. The lowest BCUT2D eigenvalue weighted by molar-refractivity contribution is -0.0295. The number of hydrogen-bond acceptors (Lipinski definition) is 1. The Hall–Kier alpha value is -0.0400. The first-order valence-electron chi connectivity index (χ1n) is 3.95. The van der Waals surface area contributed by atoms with Crippen LogP contribution in [0.15, 0.2) is 0 Å². The van der Waals surface area contributed by atoms with Crippen LogP contribution >= 0.6 is 0 Å². The standard InChI is InChI=1S/C8H14O/c1-7-2-3-8(4-5-8)9-6-7/h7H,2-6H2,1H3/t7-/m0/s1. The molecule has 2 fully saturated rings. The Bertz CT molecular complexity index is 106. The van der Waals surface area contributed by atoms with Crippen molar-refractivity contribution in [2.24, 2.45) is 5.92 Å². The van der Waals surface area contributed by atoms with Crippen LogP contribution in [-0.4, -0.2) is 12.2 Å². The van der Waals surface area contributed by atoms with Crippen molar-refractivity contribution in [2.45, 2.75) is 38.2 Å². The smallest absolute Gasteiger partial charge is 0.0685 e. The van der Waals surface area contributed by atoms with E-state index in [-0.39, 0.29) is 0 Å². The van der Waals surface area contributed by atoms with E-state index in [0.29, 0.717) is 5.60 Å². The van der Waals surface area contributed by atoms with E-state index in [0.717, 1.165) is 12.5 Å². The summed E-state index contributed by atoms with van der Waals surface area (Å²) in [5.74, 6) is 0.816. The van der Waals surface area contributed by atoms with Gasteiger partial charge in [0.25, 0.3) is 0 Å². The first-order valence-corrected chi connectivity index (χ1v) is 3.95. The topological polar surface area (TPSA) is 9.23 Å². The van der Waals surface area contributed by atoms with E-state index in [1.807, 2.05) is 0 Å². The van der Waals surface area contributed by atoms with Gasteiger partial charge >= 0.3 is 0 Å². The molecule has 1 nitrogen and oxygen atoms in total. The molecule has 1 aliphatic carbocycles. The highest BCUT2D eigenvalue weighted by Gasteiger charge is 2.45. The van der Waals surface area contributed by atoms with Crippen LogP contribution in [-0.2, 0) is 4.74 Å². The van der Waals surface area contributed by atoms with Gasteiger partial charge in [0.15, 0.2) is 0 Å². The Labute approximate surface area is 56.4 Å². The Morgan fingerprint density at radius 2 is 2.11 bits per heavy atom. The van der Waals surface area contributed by atoms with Gasteiger partial charge in [0.1, 0.15) is 0 Å². The van der Waals surface area contributed by atoms with E-state index >= 15 is 0 Å². The molecule has 1 atom stereocenters. The van der Waals surface area contributed by atoms with Crippen LogP contribution in [0.1, 0.15) is 32.6 Å². The fourth-order valence-electron chi connectivity index (χ4n) is 1.52. The third-order valence-corrected chi connectivity index (χ3v) is 2.57. The molecule has 0 aromatic heterocycles. The fraction of sp³-hybridized carbons (Fsp3) is 1.00. The molecule has 0 amide bonds. The quantitative estimate of drug-likeness (QED) is 0.482. The van der Waals surface area contributed by atoms with E-state index in [4.69, 9.17) is 4.74 Å². The highest BCUT2D eigenvalue weighted by Crippen LogP contribution is 2.47. The molecular weight excluding hydrogens is 112 g/mol. The third-order valence-electron chi connectivity index (χ3n) is 2.57. The molecule has 1 heterocycles. The molecule has 0 aromatic carbocycles. The van der Waals surface area contributed by atoms with Crippen LogP contribution in [0, 0.1) is 5.92 Å². The predicted octanol–water partition coefficient (Wildman–Crippen LogP) is 1.97. The number of ether oxygens (including phenoxy) is 1. The maximum atomic E-state index is 5.69. The Morgan fingerprint density at radius 1 is 1.33 bits per heavy atom. The second-order valence-electron chi connectivity index (χ2n) is 3.64. The van der Waals surface area contributed by atoms with Crippen LogP contribution < -0.4 is 0 Å². The summed E-state index contributed by atoms with van der Waals surface area (Å²) in [7, 11) is 0. The van der Waals surface area contributed by atoms with E-state index in [9.17, 15) is 0 Å². The van der Waals surface area contributed by atoms with E-state index in [1.165, 1.54) is 25.7 Å². The van der Waals surface area contributed by atoms with Gasteiger partial charge in [-0.05, 0) is 31.6 Å². The summed E-state index contributed by atoms with van der Waals surface area (Å²) in [4.78, 5) is 0. The predicted molar refractivity (Wildman–Crippen MR) is 36.3 cm³/mol. The van der Waals surface area contributed by atoms with Gasteiger partial charge in [-0.2, -0.15) is 0 Å². The number of rotatable bonds is 0. The molecule has 1 aliphatic heterocycles. The SMILES string of the molecule is C[C@H]1CCC2(CC2)OC1. The molecule has 0 radical (unpaired) electrons. The summed E-state index contributed by atoms with van der Waals surface area (Å²) < 4.78 is 5.69. The highest BCUT2D eigenvalue weighted by atomic mass is 16.5. The third kappa shape index (κ3) is 0.983. The van der Waals surface area contributed by atoms with Crippen molar-refractivity contribution in [3.05, 3.63) is 0 Å². The molecule has 0 bridgehead atoms. The molecule has 0 N–H and O–H groups in total. The summed E-state index contributed by atoms with van der Waals surface area (Å²) in [6, 6.07) is 0. The molecule has 0 unspecified atom stereocenters. The van der Waals surface area contributed by atoms with Crippen LogP contribution in [0.4, 0.5) is 0 Å². The summed E-state index contributed by atoms with van der Waals surface area (Å²) in [5.41, 5.74) is 0.409. The average molecular weight is 126 g/mol. The zero-order valence-corrected chi connectivity index (χ0v) is 6.02. The molecule has 1 spiro atoms. The lowest BCUT2D eigenvalue weighted by Gasteiger charge is -2.26. The Balaban J connectivity index is 1.91. The summed E-state index contributed by atoms with van der Waals surface area (Å²) in [5, 5.41) is 0. The van der Waals surface area contributed by atoms with Crippen molar-refractivity contribution in [3.8, 4) is 0 Å². The van der Waals surface area contributed by atoms with Gasteiger partial charge in [0, 0.05) is 6.61 Å². The average Bonchev–Trinajstić information content (AvgIpc) is 2.60. The normalized spacial score (nSPS) is 39.0. The molecule has 0 aromatic rings. The van der Waals surface area contributed by atoms with Crippen LogP contribution in [0.5, 0.6) is 0 Å². The minimum atomic E-state index is 0.409. The lowest BCUT2D eigenvalue weighted by Crippen LogP contribution is -2.25. The first kappa shape index (κ1) is 5.72. The summed E-state index contributed by atoms with van der Waals surface area (Å²) in [6.45, 7) is 3.29. The van der Waals surface area contributed by atoms with Gasteiger partial charge < -0.3 is 4.74 Å². The molecule has 1 saturated heterocycles. The zero-order chi connectivity index (χ0) is 6.32. The van der Waals surface area contributed by atoms with Crippen LogP contribution in [0.25, 0.3) is 0 Å². The molecule has 1 saturated carbocycles. The number of hydrogen-bond donors (Lipinski definition) is 0. The molecule has 1 heteroatoms. The Kier molecular flexibility index (Phi) is 1.10. The monoisotopic (exact) mass is 126 g/mol. The maximum absolute atomic E-state index is 5.69. The summed E-state index contributed by atoms with van der Waals surface area (Å²) in [6.07, 6.45) is 5.38. The van der Waals surface area contributed by atoms with Gasteiger partial charge in [0.05, 0.1) is 5.60 Å². The second-order valence-corrected chi connectivity index (χ2v) is 3.64. The first-order chi connectivity index (χ1) is 4.31. The van der Waals surface area contributed by atoms with Crippen molar-refractivity contribution in [2.75, 3.05) is 6.61 Å². The minimum Gasteiger partial charge on any atom is -0.375 e. The van der Waals surface area contributed by atoms with Crippen LogP contribution in [0.2, 0.25) is 0 Å². The van der Waals surface area contributed by atoms with E-state index < -0.39 is 0 Å². The van der Waals surface area contributed by atoms with E-state index in [2.05, 4.69) is 6.92 Å². The van der Waals surface area contributed by atoms with Crippen LogP contribution in [0.3, 0.4) is 0 Å². The van der Waals surface area contributed by atoms with E-state index in [1.54, 1.807) is 0 Å². The van der Waals surface area contributed by atoms with Gasteiger partial charge in [-0.3, -0.25) is 0 Å². The zero-order valence-electron chi connectivity index (χ0n) is 6.02. The fourth-order valence-corrected chi connectivity index (χ4v) is 1.52. The molecule has 2 rings (SSSR count). The van der Waals surface area contributed by atoms with Gasteiger partial charge in [0.2, 0.25) is 0 Å². The summed E-state index contributed by atoms with van der Waals surface area (Å²) >= 11 is 0. The van der Waals surface area contributed by atoms with Gasteiger partial charge in [-0.15, -0.1) is 0 Å². The molecule has 9 heavy (non-hydrogen) atoms. The van der Waals surface area contributed by atoms with Gasteiger partial charge in [-0.25, -0.2) is 0 Å². The lowest BCUT2D eigenvalue weighted by atomic mass is 9.99. The van der Waals surface area contributed by atoms with Crippen molar-refractivity contribution in [3.63, 3.8) is 0 Å². The molecule has 2 aliphatic rings. The largest absolute Gasteiger partial charge is 0.375 e. The van der Waals surface area contributed by atoms with Gasteiger partial charge in [-0.1, -0.05) is 6.92 Å². The highest BCUT2D eigenvalue weighted by molar-refractivity contribution is 4.97. The van der Waals surface area contributed by atoms with Crippen molar-refractivity contribution in [1.82, 2.24) is 0 Å².